The quantitative estimate of drug-likeness (QED) is 0.0614. The summed E-state index contributed by atoms with van der Waals surface area (Å²) in [5.41, 5.74) is 5.31. The molecule has 2 aromatic carbocycles. The number of amides is 7. The molecule has 7 heterocycles. The van der Waals surface area contributed by atoms with Crippen LogP contribution in [0, 0.1) is 0 Å². The van der Waals surface area contributed by atoms with E-state index in [4.69, 9.17) is 28.8 Å². The Balaban J connectivity index is 0.652. The van der Waals surface area contributed by atoms with Crippen molar-refractivity contribution in [3.63, 3.8) is 0 Å². The fourth-order valence-electron chi connectivity index (χ4n) is 10.2. The van der Waals surface area contributed by atoms with E-state index in [-0.39, 0.29) is 67.2 Å². The second kappa shape index (κ2) is 24.7. The smallest absolute Gasteiger partial charge is 0.317 e. The second-order valence-electron chi connectivity index (χ2n) is 18.7. The molecule has 0 saturated carbocycles. The highest BCUT2D eigenvalue weighted by molar-refractivity contribution is 6.23. The van der Waals surface area contributed by atoms with Crippen LogP contribution in [0.15, 0.2) is 42.7 Å². The molecule has 1 atom stereocenters. The number of aromatic nitrogens is 4. The Labute approximate surface area is 431 Å². The number of piperidine rings is 1. The Kier molecular flexibility index (Phi) is 17.4. The minimum Gasteiger partial charge on any atom is -0.383 e. The van der Waals surface area contributed by atoms with Crippen LogP contribution in [-0.4, -0.2) is 170 Å². The molecule has 2 aromatic heterocycles. The topological polar surface area (TPSA) is 242 Å². The number of hydrogen-bond donors (Lipinski definition) is 4. The van der Waals surface area contributed by atoms with Crippen LogP contribution < -0.4 is 26.2 Å². The summed E-state index contributed by atoms with van der Waals surface area (Å²) in [5.74, 6) is -1.83. The lowest BCUT2D eigenvalue weighted by Gasteiger charge is -2.33. The minimum atomic E-state index is -2.78. The first-order chi connectivity index (χ1) is 36.5. The molecule has 24 heteroatoms. The van der Waals surface area contributed by atoms with E-state index in [0.29, 0.717) is 127 Å². The van der Waals surface area contributed by atoms with E-state index < -0.39 is 36.1 Å². The zero-order valence-electron chi connectivity index (χ0n) is 41.9. The van der Waals surface area contributed by atoms with Gasteiger partial charge in [0.15, 0.2) is 5.82 Å². The molecule has 0 radical (unpaired) electrons. The SMILES string of the molecule is CNC(=O)N1CCc2c(c(N3CCCc4cc(-c5cnn(CC(=O)NCCOCCOCCOCCOCCNc6ccc7c(c6)C(=O)N(C6CCC(=O)NC6=O)C7=O)c5)c(C(F)F)cc43)nn2C2CCOCC2)C1. The number of hydrogen-bond acceptors (Lipinski definition) is 15. The van der Waals surface area contributed by atoms with Crippen molar-refractivity contribution in [3.8, 4) is 11.1 Å². The van der Waals surface area contributed by atoms with Crippen molar-refractivity contribution in [2.75, 3.05) is 110 Å². The molecule has 9 rings (SSSR count). The summed E-state index contributed by atoms with van der Waals surface area (Å²) in [7, 11) is 1.61. The number of urea groups is 1. The number of benzene rings is 2. The molecule has 75 heavy (non-hydrogen) atoms. The number of rotatable bonds is 23. The lowest BCUT2D eigenvalue weighted by Crippen LogP contribution is -2.54. The van der Waals surface area contributed by atoms with Gasteiger partial charge in [-0.1, -0.05) is 0 Å². The van der Waals surface area contributed by atoms with Gasteiger partial charge >= 0.3 is 6.03 Å². The molecule has 5 aliphatic rings. The highest BCUT2D eigenvalue weighted by Gasteiger charge is 2.45. The van der Waals surface area contributed by atoms with Gasteiger partial charge < -0.3 is 49.4 Å². The number of aryl methyl sites for hydroxylation is 1. The van der Waals surface area contributed by atoms with Crippen molar-refractivity contribution in [1.82, 2.24) is 45.3 Å². The monoisotopic (exact) mass is 1040 g/mol. The molecule has 1 unspecified atom stereocenters. The molecule has 0 bridgehead atoms. The van der Waals surface area contributed by atoms with Crippen LogP contribution in [0.5, 0.6) is 0 Å². The van der Waals surface area contributed by atoms with Crippen molar-refractivity contribution < 1.29 is 61.2 Å². The van der Waals surface area contributed by atoms with E-state index in [2.05, 4.69) is 31.0 Å². The van der Waals surface area contributed by atoms with Gasteiger partial charge in [0.25, 0.3) is 18.2 Å². The Morgan fingerprint density at radius 3 is 2.28 bits per heavy atom. The standard InChI is InChI=1S/C51H63F2N11O11/c1-54-51(70)60-14-8-41-40(30-60)47(59-64(41)35-9-15-71-16-10-35)62-13-2-3-32-25-37(38(46(52)53)27-43(32)62)33-28-57-61(29-33)31-45(66)56-12-18-73-20-22-75-24-23-74-21-19-72-17-11-55-34-4-5-36-39(26-34)50(69)63(49(36)68)42-6-7-44(65)58-48(42)67/h4-5,25-29,35,42,46,55H,2-3,6-24,30-31H2,1H3,(H,54,70)(H,56,66)(H,58,65,67). The highest BCUT2D eigenvalue weighted by atomic mass is 19.3. The molecule has 0 aliphatic carbocycles. The van der Waals surface area contributed by atoms with E-state index in [1.54, 1.807) is 42.4 Å². The molecular weight excluding hydrogens is 981 g/mol. The second-order valence-corrected chi connectivity index (χ2v) is 18.7. The number of halogens is 2. The number of ether oxygens (including phenoxy) is 5. The summed E-state index contributed by atoms with van der Waals surface area (Å²) in [5, 5.41) is 20.4. The summed E-state index contributed by atoms with van der Waals surface area (Å²) >= 11 is 0. The van der Waals surface area contributed by atoms with Gasteiger partial charge in [-0.15, -0.1) is 0 Å². The maximum absolute atomic E-state index is 15.0. The number of alkyl halides is 2. The largest absolute Gasteiger partial charge is 0.383 e. The molecule has 22 nitrogen and oxygen atoms in total. The maximum atomic E-state index is 15.0. The zero-order chi connectivity index (χ0) is 52.4. The number of carbonyl (C=O) groups is 6. The predicted octanol–water partition coefficient (Wildman–Crippen LogP) is 3.51. The number of imide groups is 2. The van der Waals surface area contributed by atoms with E-state index in [9.17, 15) is 37.5 Å². The van der Waals surface area contributed by atoms with Crippen LogP contribution in [0.25, 0.3) is 11.1 Å². The fourth-order valence-corrected chi connectivity index (χ4v) is 10.2. The maximum Gasteiger partial charge on any atom is 0.317 e. The predicted molar refractivity (Wildman–Crippen MR) is 266 cm³/mol. The summed E-state index contributed by atoms with van der Waals surface area (Å²) in [4.78, 5) is 80.1. The van der Waals surface area contributed by atoms with Crippen LogP contribution >= 0.6 is 0 Å². The average molecular weight is 1040 g/mol. The lowest BCUT2D eigenvalue weighted by molar-refractivity contribution is -0.136. The third-order valence-corrected chi connectivity index (χ3v) is 13.9. The van der Waals surface area contributed by atoms with Gasteiger partial charge in [-0.3, -0.25) is 43.6 Å². The summed E-state index contributed by atoms with van der Waals surface area (Å²) in [6.07, 6.45) is 4.22. The average Bonchev–Trinajstić information content (AvgIpc) is 4.11. The molecule has 402 valence electrons. The molecule has 2 fully saturated rings. The van der Waals surface area contributed by atoms with Crippen LogP contribution in [0.4, 0.5) is 30.8 Å². The fraction of sp³-hybridized carbons (Fsp3) is 0.529. The normalized spacial score (nSPS) is 17.8. The lowest BCUT2D eigenvalue weighted by atomic mass is 9.92. The van der Waals surface area contributed by atoms with Gasteiger partial charge in [0.05, 0.1) is 82.8 Å². The third kappa shape index (κ3) is 12.3. The van der Waals surface area contributed by atoms with Crippen LogP contribution in [-0.2, 0) is 64.0 Å². The highest BCUT2D eigenvalue weighted by Crippen LogP contribution is 2.44. The first-order valence-electron chi connectivity index (χ1n) is 25.6. The van der Waals surface area contributed by atoms with Gasteiger partial charge in [-0.05, 0) is 73.6 Å². The van der Waals surface area contributed by atoms with Crippen molar-refractivity contribution in [2.45, 2.75) is 76.5 Å². The molecule has 5 aliphatic heterocycles. The van der Waals surface area contributed by atoms with Crippen LogP contribution in [0.1, 0.15) is 87.7 Å². The van der Waals surface area contributed by atoms with E-state index >= 15 is 0 Å². The van der Waals surface area contributed by atoms with Gasteiger partial charge in [0.1, 0.15) is 12.6 Å². The molecule has 4 aromatic rings. The molecule has 7 amide bonds. The summed E-state index contributed by atoms with van der Waals surface area (Å²) < 4.78 is 61.4. The van der Waals surface area contributed by atoms with E-state index in [1.807, 2.05) is 11.0 Å². The molecule has 2 saturated heterocycles. The number of nitrogens with zero attached hydrogens (tertiary/aromatic N) is 7. The van der Waals surface area contributed by atoms with Gasteiger partial charge in [-0.2, -0.15) is 10.2 Å². The van der Waals surface area contributed by atoms with Crippen molar-refractivity contribution in [2.24, 2.45) is 0 Å². The Morgan fingerprint density at radius 1 is 0.840 bits per heavy atom. The molecule has 0 spiro atoms. The first kappa shape index (κ1) is 53.0. The Hall–Kier alpha value is -6.86. The Morgan fingerprint density at radius 2 is 1.56 bits per heavy atom. The van der Waals surface area contributed by atoms with E-state index in [0.717, 1.165) is 41.0 Å². The molecular formula is C51H63F2N11O11. The van der Waals surface area contributed by atoms with Crippen molar-refractivity contribution >= 4 is 52.8 Å². The molecule has 4 N–H and O–H groups in total. The van der Waals surface area contributed by atoms with Gasteiger partial charge in [-0.25, -0.2) is 13.6 Å². The van der Waals surface area contributed by atoms with Crippen molar-refractivity contribution in [1.29, 1.82) is 0 Å². The van der Waals surface area contributed by atoms with Crippen LogP contribution in [0.2, 0.25) is 0 Å². The number of fused-ring (bicyclic) bond motifs is 3. The number of carbonyl (C=O) groups excluding carboxylic acids is 6. The Bertz CT molecular complexity index is 2740. The van der Waals surface area contributed by atoms with Crippen LogP contribution in [0.3, 0.4) is 0 Å². The number of anilines is 3. The summed E-state index contributed by atoms with van der Waals surface area (Å²) in [6, 6.07) is 7.13. The van der Waals surface area contributed by atoms with Crippen molar-refractivity contribution in [3.05, 3.63) is 76.2 Å². The zero-order valence-corrected chi connectivity index (χ0v) is 41.9. The third-order valence-electron chi connectivity index (χ3n) is 13.9. The van der Waals surface area contributed by atoms with Gasteiger partial charge in [0.2, 0.25) is 17.7 Å². The number of nitrogens with one attached hydrogen (secondary N) is 4. The summed E-state index contributed by atoms with van der Waals surface area (Å²) in [6.45, 7) is 6.02. The first-order valence-corrected chi connectivity index (χ1v) is 25.6. The minimum absolute atomic E-state index is 0.0523. The van der Waals surface area contributed by atoms with Gasteiger partial charge in [0, 0.05) is 99.2 Å². The van der Waals surface area contributed by atoms with E-state index in [1.165, 1.54) is 10.9 Å².